The summed E-state index contributed by atoms with van der Waals surface area (Å²) in [5.41, 5.74) is 0.0182. The number of likely N-dealkylation sites (tertiary alicyclic amines) is 1. The van der Waals surface area contributed by atoms with Gasteiger partial charge in [0.05, 0.1) is 5.56 Å². The molecule has 1 amide bonds. The summed E-state index contributed by atoms with van der Waals surface area (Å²) in [5.74, 6) is -0.481. The lowest BCUT2D eigenvalue weighted by Crippen LogP contribution is -2.31. The molecule has 1 aliphatic rings. The molecular formula is C14H19NO4. The van der Waals surface area contributed by atoms with E-state index in [4.69, 9.17) is 9.52 Å². The van der Waals surface area contributed by atoms with Gasteiger partial charge in [-0.15, -0.1) is 0 Å². The molecule has 0 radical (unpaired) electrons. The van der Waals surface area contributed by atoms with Crippen LogP contribution in [0.1, 0.15) is 53.5 Å². The van der Waals surface area contributed by atoms with Crippen LogP contribution in [0.2, 0.25) is 0 Å². The highest BCUT2D eigenvalue weighted by molar-refractivity contribution is 5.95. The zero-order valence-electron chi connectivity index (χ0n) is 11.1. The molecule has 0 aliphatic carbocycles. The van der Waals surface area contributed by atoms with E-state index in [2.05, 4.69) is 6.92 Å². The van der Waals surface area contributed by atoms with Crippen LogP contribution >= 0.6 is 0 Å². The minimum atomic E-state index is -1.08. The summed E-state index contributed by atoms with van der Waals surface area (Å²) in [4.78, 5) is 24.8. The lowest BCUT2D eigenvalue weighted by molar-refractivity contribution is 0.0694. The molecule has 1 aromatic rings. The van der Waals surface area contributed by atoms with Crippen molar-refractivity contribution in [2.24, 2.45) is 5.92 Å². The highest BCUT2D eigenvalue weighted by atomic mass is 16.4. The summed E-state index contributed by atoms with van der Waals surface area (Å²) in [6, 6.07) is 1.30. The van der Waals surface area contributed by atoms with Crippen molar-refractivity contribution in [1.29, 1.82) is 0 Å². The molecule has 1 atom stereocenters. The fraction of sp³-hybridized carbons (Fsp3) is 0.571. The van der Waals surface area contributed by atoms with Gasteiger partial charge in [-0.1, -0.05) is 13.3 Å². The average molecular weight is 265 g/mol. The van der Waals surface area contributed by atoms with E-state index >= 15 is 0 Å². The van der Waals surface area contributed by atoms with Gasteiger partial charge < -0.3 is 14.4 Å². The number of aromatic carboxylic acids is 1. The first kappa shape index (κ1) is 13.6. The van der Waals surface area contributed by atoms with Crippen LogP contribution in [0.25, 0.3) is 0 Å². The Labute approximate surface area is 112 Å². The molecule has 1 unspecified atom stereocenters. The maximum atomic E-state index is 12.2. The molecule has 19 heavy (non-hydrogen) atoms. The van der Waals surface area contributed by atoms with Gasteiger partial charge in [0, 0.05) is 19.2 Å². The molecule has 5 nitrogen and oxygen atoms in total. The first-order valence-electron chi connectivity index (χ1n) is 6.73. The van der Waals surface area contributed by atoms with Gasteiger partial charge in [-0.2, -0.15) is 0 Å². The van der Waals surface area contributed by atoms with E-state index in [0.717, 1.165) is 45.0 Å². The van der Waals surface area contributed by atoms with Gasteiger partial charge in [-0.25, -0.2) is 4.79 Å². The highest BCUT2D eigenvalue weighted by Crippen LogP contribution is 2.21. The van der Waals surface area contributed by atoms with Gasteiger partial charge in [0.25, 0.3) is 5.91 Å². The number of carboxylic acid groups (broad SMARTS) is 1. The Morgan fingerprint density at radius 3 is 2.84 bits per heavy atom. The maximum Gasteiger partial charge on any atom is 0.338 e. The number of nitrogens with zero attached hydrogens (tertiary/aromatic N) is 1. The van der Waals surface area contributed by atoms with Crippen LogP contribution in [0.3, 0.4) is 0 Å². The summed E-state index contributed by atoms with van der Waals surface area (Å²) in [5, 5.41) is 8.82. The van der Waals surface area contributed by atoms with E-state index in [1.807, 2.05) is 0 Å². The molecule has 2 rings (SSSR count). The molecule has 5 heteroatoms. The van der Waals surface area contributed by atoms with Gasteiger partial charge in [0.1, 0.15) is 6.26 Å². The van der Waals surface area contributed by atoms with E-state index in [0.29, 0.717) is 5.92 Å². The van der Waals surface area contributed by atoms with Crippen LogP contribution < -0.4 is 0 Å². The summed E-state index contributed by atoms with van der Waals surface area (Å²) >= 11 is 0. The lowest BCUT2D eigenvalue weighted by Gasteiger charge is -2.19. The third-order valence-corrected chi connectivity index (χ3v) is 3.77. The van der Waals surface area contributed by atoms with Gasteiger partial charge in [-0.05, 0) is 25.2 Å². The molecular weight excluding hydrogens is 246 g/mol. The molecule has 1 saturated heterocycles. The minimum absolute atomic E-state index is 0.0182. The topological polar surface area (TPSA) is 70.8 Å². The molecule has 0 aromatic carbocycles. The van der Waals surface area contributed by atoms with E-state index < -0.39 is 5.97 Å². The Hall–Kier alpha value is -1.78. The normalized spacial score (nSPS) is 20.1. The second-order valence-electron chi connectivity index (χ2n) is 5.00. The lowest BCUT2D eigenvalue weighted by atomic mass is 9.98. The Kier molecular flexibility index (Phi) is 4.24. The van der Waals surface area contributed by atoms with Crippen molar-refractivity contribution in [3.8, 4) is 0 Å². The second-order valence-corrected chi connectivity index (χ2v) is 5.00. The summed E-state index contributed by atoms with van der Waals surface area (Å²) in [7, 11) is 0. The third-order valence-electron chi connectivity index (χ3n) is 3.77. The molecule has 104 valence electrons. The van der Waals surface area contributed by atoms with E-state index in [9.17, 15) is 9.59 Å². The van der Waals surface area contributed by atoms with Crippen molar-refractivity contribution in [3.63, 3.8) is 0 Å². The summed E-state index contributed by atoms with van der Waals surface area (Å²) in [6.07, 6.45) is 5.42. The molecule has 0 saturated carbocycles. The van der Waals surface area contributed by atoms with E-state index in [-0.39, 0.29) is 17.2 Å². The van der Waals surface area contributed by atoms with Crippen molar-refractivity contribution < 1.29 is 19.1 Å². The number of hydrogen-bond acceptors (Lipinski definition) is 3. The molecule has 1 N–H and O–H groups in total. The molecule has 0 spiro atoms. The van der Waals surface area contributed by atoms with Gasteiger partial charge in [0.2, 0.25) is 0 Å². The van der Waals surface area contributed by atoms with Crippen molar-refractivity contribution in [3.05, 3.63) is 23.7 Å². The monoisotopic (exact) mass is 265 g/mol. The number of carboxylic acids is 1. The molecule has 1 aromatic heterocycles. The standard InChI is InChI=1S/C14H19NO4/c1-2-10-4-3-6-15(7-5-10)13(16)12-8-11(9-19-12)14(17)18/h8-10H,2-7H2,1H3,(H,17,18). The van der Waals surface area contributed by atoms with Crippen LogP contribution in [-0.4, -0.2) is 35.0 Å². The Bertz CT molecular complexity index is 466. The average Bonchev–Trinajstić information content (AvgIpc) is 2.77. The largest absolute Gasteiger partial charge is 0.478 e. The van der Waals surface area contributed by atoms with E-state index in [1.165, 1.54) is 6.07 Å². The summed E-state index contributed by atoms with van der Waals surface area (Å²) < 4.78 is 5.06. The number of rotatable bonds is 3. The number of carbonyl (C=O) groups excluding carboxylic acids is 1. The fourth-order valence-electron chi connectivity index (χ4n) is 2.49. The predicted octanol–water partition coefficient (Wildman–Crippen LogP) is 2.63. The molecule has 2 heterocycles. The number of amides is 1. The van der Waals surface area contributed by atoms with Crippen molar-refractivity contribution in [1.82, 2.24) is 4.90 Å². The van der Waals surface area contributed by atoms with Crippen molar-refractivity contribution in [2.45, 2.75) is 32.6 Å². The first-order valence-corrected chi connectivity index (χ1v) is 6.73. The Morgan fingerprint density at radius 1 is 1.42 bits per heavy atom. The molecule has 1 aliphatic heterocycles. The highest BCUT2D eigenvalue weighted by Gasteiger charge is 2.23. The summed E-state index contributed by atoms with van der Waals surface area (Å²) in [6.45, 7) is 3.62. The van der Waals surface area contributed by atoms with Crippen LogP contribution in [0.4, 0.5) is 0 Å². The molecule has 0 bridgehead atoms. The van der Waals surface area contributed by atoms with Crippen LogP contribution in [0.15, 0.2) is 16.7 Å². The number of furan rings is 1. The van der Waals surface area contributed by atoms with Crippen molar-refractivity contribution in [2.75, 3.05) is 13.1 Å². The van der Waals surface area contributed by atoms with Crippen molar-refractivity contribution >= 4 is 11.9 Å². The smallest absolute Gasteiger partial charge is 0.338 e. The van der Waals surface area contributed by atoms with Gasteiger partial charge in [0.15, 0.2) is 5.76 Å². The van der Waals surface area contributed by atoms with Crippen LogP contribution in [-0.2, 0) is 0 Å². The van der Waals surface area contributed by atoms with Gasteiger partial charge >= 0.3 is 5.97 Å². The number of hydrogen-bond donors (Lipinski definition) is 1. The van der Waals surface area contributed by atoms with Crippen LogP contribution in [0, 0.1) is 5.92 Å². The first-order chi connectivity index (χ1) is 9.11. The zero-order valence-corrected chi connectivity index (χ0v) is 11.1. The quantitative estimate of drug-likeness (QED) is 0.912. The predicted molar refractivity (Wildman–Crippen MR) is 69.2 cm³/mol. The molecule has 1 fully saturated rings. The minimum Gasteiger partial charge on any atom is -0.478 e. The fourth-order valence-corrected chi connectivity index (χ4v) is 2.49. The van der Waals surface area contributed by atoms with Gasteiger partial charge in [-0.3, -0.25) is 4.79 Å². The third kappa shape index (κ3) is 3.16. The van der Waals surface area contributed by atoms with Crippen LogP contribution in [0.5, 0.6) is 0 Å². The van der Waals surface area contributed by atoms with E-state index in [1.54, 1.807) is 4.90 Å². The Balaban J connectivity index is 2.04. The maximum absolute atomic E-state index is 12.2. The number of carbonyl (C=O) groups is 2. The zero-order chi connectivity index (χ0) is 13.8. The Morgan fingerprint density at radius 2 is 2.21 bits per heavy atom. The SMILES string of the molecule is CCC1CCCN(C(=O)c2cc(C(=O)O)co2)CC1. The second kappa shape index (κ2) is 5.91.